The minimum Gasteiger partial charge on any atom is -0.456 e. The average molecular weight is 628 g/mol. The van der Waals surface area contributed by atoms with Crippen molar-refractivity contribution in [3.8, 4) is 22.3 Å². The monoisotopic (exact) mass is 627 g/mol. The average Bonchev–Trinajstić information content (AvgIpc) is 3.71. The zero-order valence-corrected chi connectivity index (χ0v) is 26.5. The molecular weight excluding hydrogens is 599 g/mol. The van der Waals surface area contributed by atoms with Crippen LogP contribution >= 0.6 is 0 Å². The third-order valence-electron chi connectivity index (χ3n) is 9.65. The highest BCUT2D eigenvalue weighted by molar-refractivity contribution is 6.11. The van der Waals surface area contributed by atoms with Crippen LogP contribution in [-0.4, -0.2) is 0 Å². The van der Waals surface area contributed by atoms with Gasteiger partial charge in [0.15, 0.2) is 0 Å². The second-order valence-corrected chi connectivity index (χ2v) is 12.6. The molecule has 8 aromatic carbocycles. The first-order chi connectivity index (χ1) is 24.3. The summed E-state index contributed by atoms with van der Waals surface area (Å²) in [4.78, 5) is 2.33. The first-order valence-electron chi connectivity index (χ1n) is 16.6. The molecule has 3 nitrogen and oxygen atoms in total. The molecule has 0 fully saturated rings. The van der Waals surface area contributed by atoms with E-state index in [1.54, 1.807) is 0 Å². The lowest BCUT2D eigenvalue weighted by molar-refractivity contribution is 0.669. The summed E-state index contributed by atoms with van der Waals surface area (Å²) < 4.78 is 12.7. The Morgan fingerprint density at radius 3 is 1.80 bits per heavy atom. The van der Waals surface area contributed by atoms with Crippen LogP contribution in [0.4, 0.5) is 17.1 Å². The van der Waals surface area contributed by atoms with Gasteiger partial charge in [-0.2, -0.15) is 0 Å². The zero-order chi connectivity index (χ0) is 32.3. The Balaban J connectivity index is 1.09. The van der Waals surface area contributed by atoms with Gasteiger partial charge in [-0.25, -0.2) is 0 Å². The number of fused-ring (bicyclic) bond motifs is 7. The molecule has 0 bridgehead atoms. The van der Waals surface area contributed by atoms with E-state index in [9.17, 15) is 0 Å². The van der Waals surface area contributed by atoms with Crippen molar-refractivity contribution in [1.29, 1.82) is 0 Å². The highest BCUT2D eigenvalue weighted by Gasteiger charge is 2.19. The highest BCUT2D eigenvalue weighted by Crippen LogP contribution is 2.43. The molecule has 49 heavy (non-hydrogen) atoms. The van der Waals surface area contributed by atoms with Crippen molar-refractivity contribution in [3.63, 3.8) is 0 Å². The Morgan fingerprint density at radius 2 is 0.918 bits per heavy atom. The number of anilines is 3. The molecule has 0 N–H and O–H groups in total. The van der Waals surface area contributed by atoms with Crippen LogP contribution in [0.1, 0.15) is 0 Å². The fraction of sp³-hybridized carbons (Fsp3) is 0. The van der Waals surface area contributed by atoms with Crippen molar-refractivity contribution >= 4 is 71.7 Å². The van der Waals surface area contributed by atoms with Crippen LogP contribution in [0.5, 0.6) is 0 Å². The van der Waals surface area contributed by atoms with Crippen LogP contribution < -0.4 is 4.90 Å². The van der Waals surface area contributed by atoms with Crippen LogP contribution in [0.2, 0.25) is 0 Å². The van der Waals surface area contributed by atoms with E-state index in [1.165, 1.54) is 10.8 Å². The highest BCUT2D eigenvalue weighted by atomic mass is 16.3. The van der Waals surface area contributed by atoms with Crippen molar-refractivity contribution < 1.29 is 8.83 Å². The van der Waals surface area contributed by atoms with Crippen molar-refractivity contribution in [2.24, 2.45) is 0 Å². The molecule has 0 aliphatic carbocycles. The molecule has 0 saturated carbocycles. The van der Waals surface area contributed by atoms with Gasteiger partial charge in [-0.15, -0.1) is 0 Å². The summed E-state index contributed by atoms with van der Waals surface area (Å²) in [5, 5.41) is 6.91. The Kier molecular flexibility index (Phi) is 6.18. The maximum absolute atomic E-state index is 6.40. The molecule has 10 aromatic rings. The summed E-state index contributed by atoms with van der Waals surface area (Å²) in [5.41, 5.74) is 11.3. The van der Waals surface area contributed by atoms with Gasteiger partial charge in [-0.1, -0.05) is 109 Å². The van der Waals surface area contributed by atoms with Gasteiger partial charge in [-0.3, -0.25) is 0 Å². The molecule has 2 heterocycles. The third-order valence-corrected chi connectivity index (χ3v) is 9.65. The lowest BCUT2D eigenvalue weighted by Gasteiger charge is -2.28. The molecule has 2 aromatic heterocycles. The van der Waals surface area contributed by atoms with Crippen molar-refractivity contribution in [2.75, 3.05) is 4.90 Å². The summed E-state index contributed by atoms with van der Waals surface area (Å²) in [6.45, 7) is 0. The zero-order valence-electron chi connectivity index (χ0n) is 26.5. The first-order valence-corrected chi connectivity index (χ1v) is 16.6. The van der Waals surface area contributed by atoms with Gasteiger partial charge < -0.3 is 13.7 Å². The minimum atomic E-state index is 0.865. The summed E-state index contributed by atoms with van der Waals surface area (Å²) in [5.74, 6) is 0. The van der Waals surface area contributed by atoms with E-state index in [2.05, 4.69) is 169 Å². The van der Waals surface area contributed by atoms with Crippen LogP contribution in [0.3, 0.4) is 0 Å². The SMILES string of the molecule is c1ccc(-c2ccccc2N(c2ccc(-c3ccc4c(c3)oc3cc5ccccc5cc34)cc2)c2ccc3c(c2)oc2ccccc23)cc1. The van der Waals surface area contributed by atoms with Gasteiger partial charge in [-0.05, 0) is 88.1 Å². The van der Waals surface area contributed by atoms with Gasteiger partial charge in [0.05, 0.1) is 5.69 Å². The van der Waals surface area contributed by atoms with E-state index in [1.807, 2.05) is 12.1 Å². The van der Waals surface area contributed by atoms with E-state index in [-0.39, 0.29) is 0 Å². The topological polar surface area (TPSA) is 29.5 Å². The van der Waals surface area contributed by atoms with Crippen LogP contribution in [0.15, 0.2) is 185 Å². The molecule has 0 aliphatic rings. The molecule has 0 unspecified atom stereocenters. The lowest BCUT2D eigenvalue weighted by Crippen LogP contribution is -2.11. The molecule has 0 spiro atoms. The molecule has 10 rings (SSSR count). The van der Waals surface area contributed by atoms with Crippen LogP contribution in [-0.2, 0) is 0 Å². The number of furan rings is 2. The Labute approximate surface area is 282 Å². The maximum Gasteiger partial charge on any atom is 0.137 e. The number of benzene rings is 8. The molecule has 0 atom stereocenters. The minimum absolute atomic E-state index is 0.865. The Hall–Kier alpha value is -6.58. The molecule has 0 amide bonds. The standard InChI is InChI=1S/C46H29NO2/c1-2-10-31(11-3-1)37-14-6-8-16-42(37)47(36-23-25-39-38-15-7-9-17-43(38)48-46(39)29-36)35-21-18-30(19-22-35)34-20-24-40-41-26-32-12-4-5-13-33(32)27-45(41)49-44(40)28-34/h1-29H. The van der Waals surface area contributed by atoms with E-state index in [0.29, 0.717) is 0 Å². The number of nitrogens with zero attached hydrogens (tertiary/aromatic N) is 1. The van der Waals surface area contributed by atoms with Crippen LogP contribution in [0.25, 0.3) is 76.9 Å². The molecule has 230 valence electrons. The Morgan fingerprint density at radius 1 is 0.327 bits per heavy atom. The van der Waals surface area contributed by atoms with Gasteiger partial charge in [0.25, 0.3) is 0 Å². The fourth-order valence-electron chi connectivity index (χ4n) is 7.26. The smallest absolute Gasteiger partial charge is 0.137 e. The van der Waals surface area contributed by atoms with Gasteiger partial charge in [0, 0.05) is 44.5 Å². The second kappa shape index (κ2) is 11.0. The van der Waals surface area contributed by atoms with Gasteiger partial charge >= 0.3 is 0 Å². The molecule has 0 aliphatic heterocycles. The summed E-state index contributed by atoms with van der Waals surface area (Å²) in [6.07, 6.45) is 0. The number of rotatable bonds is 5. The maximum atomic E-state index is 6.40. The van der Waals surface area contributed by atoms with Crippen molar-refractivity contribution in [2.45, 2.75) is 0 Å². The first kappa shape index (κ1) is 27.5. The van der Waals surface area contributed by atoms with Gasteiger partial charge in [0.2, 0.25) is 0 Å². The summed E-state index contributed by atoms with van der Waals surface area (Å²) >= 11 is 0. The molecular formula is C46H29NO2. The molecule has 3 heteroatoms. The van der Waals surface area contributed by atoms with Crippen molar-refractivity contribution in [1.82, 2.24) is 0 Å². The van der Waals surface area contributed by atoms with Crippen molar-refractivity contribution in [3.05, 3.63) is 176 Å². The van der Waals surface area contributed by atoms with E-state index >= 15 is 0 Å². The lowest BCUT2D eigenvalue weighted by atomic mass is 10.0. The quantitative estimate of drug-likeness (QED) is 0.190. The normalized spacial score (nSPS) is 11.7. The van der Waals surface area contributed by atoms with E-state index < -0.39 is 0 Å². The van der Waals surface area contributed by atoms with Gasteiger partial charge in [0.1, 0.15) is 22.3 Å². The predicted octanol–water partition coefficient (Wildman–Crippen LogP) is 13.4. The van der Waals surface area contributed by atoms with Crippen LogP contribution in [0, 0.1) is 0 Å². The van der Waals surface area contributed by atoms with E-state index in [4.69, 9.17) is 8.83 Å². The van der Waals surface area contributed by atoms with E-state index in [0.717, 1.165) is 83.2 Å². The largest absolute Gasteiger partial charge is 0.456 e. The Bertz CT molecular complexity index is 2830. The summed E-state index contributed by atoms with van der Waals surface area (Å²) in [6, 6.07) is 62.1. The second-order valence-electron chi connectivity index (χ2n) is 12.6. The number of hydrogen-bond donors (Lipinski definition) is 0. The predicted molar refractivity (Wildman–Crippen MR) is 204 cm³/mol. The number of para-hydroxylation sites is 2. The number of hydrogen-bond acceptors (Lipinski definition) is 3. The molecule has 0 radical (unpaired) electrons. The fourth-order valence-corrected chi connectivity index (χ4v) is 7.26. The third kappa shape index (κ3) is 4.59. The molecule has 0 saturated heterocycles. The summed E-state index contributed by atoms with van der Waals surface area (Å²) in [7, 11) is 0.